The van der Waals surface area contributed by atoms with Crippen molar-refractivity contribution in [1.82, 2.24) is 0 Å². The normalized spacial score (nSPS) is 46.1. The fourth-order valence-corrected chi connectivity index (χ4v) is 4.76. The highest BCUT2D eigenvalue weighted by Crippen LogP contribution is 2.45. The van der Waals surface area contributed by atoms with Gasteiger partial charge in [-0.05, 0) is 62.7 Å². The van der Waals surface area contributed by atoms with Crippen molar-refractivity contribution in [3.63, 3.8) is 0 Å². The van der Waals surface area contributed by atoms with Crippen molar-refractivity contribution in [2.24, 2.45) is 29.1 Å². The van der Waals surface area contributed by atoms with Gasteiger partial charge in [0.25, 0.3) is 0 Å². The van der Waals surface area contributed by atoms with Gasteiger partial charge in [-0.15, -0.1) is 0 Å². The molecule has 1 N–H and O–H groups in total. The summed E-state index contributed by atoms with van der Waals surface area (Å²) < 4.78 is 89.5. The fraction of sp³-hybridized carbons (Fsp3) is 0.760. The van der Waals surface area contributed by atoms with E-state index in [1.807, 2.05) is 32.1 Å². The van der Waals surface area contributed by atoms with E-state index in [1.165, 1.54) is 0 Å². The Hall–Kier alpha value is -1.62. The predicted molar refractivity (Wildman–Crippen MR) is 115 cm³/mol. The summed E-state index contributed by atoms with van der Waals surface area (Å²) in [6.45, 7) is -2.11. The lowest BCUT2D eigenvalue weighted by molar-refractivity contribution is -0.166. The van der Waals surface area contributed by atoms with Gasteiger partial charge in [-0.1, -0.05) is 38.9 Å². The Kier molecular flexibility index (Phi) is 4.02. The SMILES string of the molecule is [2H]C1([2H])C(=O)OC(CC[C@@H]2[C@@H]3C(=C[C@H](C)C[C@@H]3OC(=O)C(C)(C([2H])([2H])[2H])C([2H])([2H])C([2H])([2H])[2H])C=C[C@@H]2C)C[C@H]1O. The number of carbonyl (C=O) groups is 2. The molecular formula is C25H38O5. The van der Waals surface area contributed by atoms with E-state index in [2.05, 4.69) is 0 Å². The summed E-state index contributed by atoms with van der Waals surface area (Å²) in [5, 5.41) is 10.1. The van der Waals surface area contributed by atoms with Crippen molar-refractivity contribution < 1.29 is 37.9 Å². The summed E-state index contributed by atoms with van der Waals surface area (Å²) in [5.74, 6) is -3.29. The van der Waals surface area contributed by atoms with Crippen LogP contribution in [-0.2, 0) is 19.1 Å². The second kappa shape index (κ2) is 9.25. The van der Waals surface area contributed by atoms with Gasteiger partial charge in [0.05, 0.1) is 17.9 Å². The van der Waals surface area contributed by atoms with Crippen LogP contribution in [0.15, 0.2) is 23.8 Å². The third-order valence-corrected chi connectivity index (χ3v) is 6.38. The highest BCUT2D eigenvalue weighted by molar-refractivity contribution is 5.76. The number of fused-ring (bicyclic) bond motifs is 1. The van der Waals surface area contributed by atoms with Crippen LogP contribution in [0, 0.1) is 29.1 Å². The summed E-state index contributed by atoms with van der Waals surface area (Å²) in [6.07, 6.45) is -2.10. The first-order chi connectivity index (χ1) is 18.1. The summed E-state index contributed by atoms with van der Waals surface area (Å²) in [7, 11) is 0. The van der Waals surface area contributed by atoms with Crippen LogP contribution in [0.3, 0.4) is 0 Å². The van der Waals surface area contributed by atoms with E-state index in [0.717, 1.165) is 12.5 Å². The Morgan fingerprint density at radius 1 is 1.43 bits per heavy atom. The Morgan fingerprint density at radius 2 is 2.23 bits per heavy atom. The Bertz CT molecular complexity index is 1050. The molecule has 3 rings (SSSR count). The molecule has 0 bridgehead atoms. The van der Waals surface area contributed by atoms with Crippen molar-refractivity contribution in [3.05, 3.63) is 23.8 Å². The van der Waals surface area contributed by atoms with Gasteiger partial charge in [0.1, 0.15) is 12.2 Å². The molecule has 168 valence electrons. The monoisotopic (exact) mass is 428 g/mol. The maximum absolute atomic E-state index is 13.6. The molecule has 1 saturated heterocycles. The molecule has 1 aliphatic heterocycles. The van der Waals surface area contributed by atoms with Crippen molar-refractivity contribution in [1.29, 1.82) is 0 Å². The van der Waals surface area contributed by atoms with Crippen LogP contribution in [0.5, 0.6) is 0 Å². The minimum atomic E-state index is -3.42. The van der Waals surface area contributed by atoms with E-state index in [1.54, 1.807) is 0 Å². The van der Waals surface area contributed by atoms with Crippen molar-refractivity contribution in [3.8, 4) is 0 Å². The molecule has 0 aromatic carbocycles. The van der Waals surface area contributed by atoms with E-state index in [0.29, 0.717) is 19.3 Å². The maximum atomic E-state index is 13.6. The molecule has 2 aliphatic carbocycles. The second-order valence-corrected chi connectivity index (χ2v) is 8.98. The molecule has 0 radical (unpaired) electrons. The molecule has 0 spiro atoms. The standard InChI is InChI=1S/C25H38O5/c1-6-25(4,5)24(28)30-21-12-15(2)11-17-8-7-16(3)20(23(17)21)10-9-19-13-18(26)14-22(27)29-19/h7-8,11,15-16,18-21,23,26H,6,9-10,12-14H2,1-5H3/t15-,16-,18+,19?,20-,21-,23-/m0/s1/i1D3,4D3,6D2,14D2/t15-,16-,18+,19?,20-,21-,23-,25?. The number of esters is 2. The van der Waals surface area contributed by atoms with E-state index in [9.17, 15) is 14.7 Å². The zero-order valence-corrected chi connectivity index (χ0v) is 17.7. The molecule has 0 aromatic rings. The van der Waals surface area contributed by atoms with E-state index in [4.69, 9.17) is 23.2 Å². The molecule has 8 atom stereocenters. The minimum absolute atomic E-state index is 0.0461. The number of ether oxygens (including phenoxy) is 2. The van der Waals surface area contributed by atoms with Gasteiger partial charge in [-0.25, -0.2) is 0 Å². The topological polar surface area (TPSA) is 72.8 Å². The summed E-state index contributed by atoms with van der Waals surface area (Å²) >= 11 is 0. The van der Waals surface area contributed by atoms with Crippen LogP contribution in [0.2, 0.25) is 0 Å². The van der Waals surface area contributed by atoms with Crippen molar-refractivity contribution in [2.75, 3.05) is 0 Å². The van der Waals surface area contributed by atoms with Gasteiger partial charge in [0.15, 0.2) is 0 Å². The molecule has 0 amide bonds. The minimum Gasteiger partial charge on any atom is -0.462 e. The second-order valence-electron chi connectivity index (χ2n) is 8.98. The van der Waals surface area contributed by atoms with Crippen LogP contribution < -0.4 is 0 Å². The molecule has 0 saturated carbocycles. The fourth-order valence-electron chi connectivity index (χ4n) is 4.76. The smallest absolute Gasteiger partial charge is 0.311 e. The van der Waals surface area contributed by atoms with Gasteiger partial charge >= 0.3 is 11.9 Å². The van der Waals surface area contributed by atoms with Crippen LogP contribution in [0.25, 0.3) is 0 Å². The lowest BCUT2D eigenvalue weighted by Crippen LogP contribution is -2.43. The first-order valence-corrected chi connectivity index (χ1v) is 10.6. The summed E-state index contributed by atoms with van der Waals surface area (Å²) in [6, 6.07) is 0. The Labute approximate surface area is 194 Å². The largest absolute Gasteiger partial charge is 0.462 e. The molecule has 30 heavy (non-hydrogen) atoms. The lowest BCUT2D eigenvalue weighted by atomic mass is 9.65. The van der Waals surface area contributed by atoms with Crippen LogP contribution in [0.1, 0.15) is 86.6 Å². The van der Waals surface area contributed by atoms with Crippen LogP contribution in [0.4, 0.5) is 0 Å². The lowest BCUT2D eigenvalue weighted by Gasteiger charge is -2.44. The third kappa shape index (κ3) is 5.16. The number of allylic oxidation sites excluding steroid dienone is 3. The Balaban J connectivity index is 1.90. The summed E-state index contributed by atoms with van der Waals surface area (Å²) in [5.41, 5.74) is -2.13. The zero-order valence-electron chi connectivity index (χ0n) is 27.7. The van der Waals surface area contributed by atoms with Gasteiger partial charge < -0.3 is 14.6 Å². The number of aliphatic hydroxyl groups is 1. The zero-order chi connectivity index (χ0) is 30.6. The number of aliphatic hydroxyl groups excluding tert-OH is 1. The van der Waals surface area contributed by atoms with Crippen LogP contribution in [-0.4, -0.2) is 35.4 Å². The first-order valence-electron chi connectivity index (χ1n) is 15.6. The first kappa shape index (κ1) is 13.0. The average Bonchev–Trinajstić information content (AvgIpc) is 2.80. The maximum Gasteiger partial charge on any atom is 0.311 e. The van der Waals surface area contributed by atoms with Gasteiger partial charge in [-0.2, -0.15) is 0 Å². The van der Waals surface area contributed by atoms with E-state index >= 15 is 0 Å². The van der Waals surface area contributed by atoms with E-state index in [-0.39, 0.29) is 24.2 Å². The summed E-state index contributed by atoms with van der Waals surface area (Å²) in [4.78, 5) is 25.6. The van der Waals surface area contributed by atoms with Crippen LogP contribution >= 0.6 is 0 Å². The third-order valence-electron chi connectivity index (χ3n) is 6.38. The number of rotatable bonds is 6. The number of cyclic esters (lactones) is 1. The number of hydrogen-bond donors (Lipinski definition) is 1. The van der Waals surface area contributed by atoms with Crippen molar-refractivity contribution >= 4 is 11.9 Å². The highest BCUT2D eigenvalue weighted by Gasteiger charge is 2.43. The molecule has 5 heteroatoms. The molecular weight excluding hydrogens is 380 g/mol. The molecule has 1 fully saturated rings. The van der Waals surface area contributed by atoms with E-state index < -0.39 is 68.0 Å². The number of hydrogen-bond acceptors (Lipinski definition) is 5. The quantitative estimate of drug-likeness (QED) is 0.627. The molecule has 2 unspecified atom stereocenters. The number of carbonyl (C=O) groups excluding carboxylic acids is 2. The molecule has 1 heterocycles. The molecule has 3 aliphatic rings. The highest BCUT2D eigenvalue weighted by atomic mass is 16.6. The molecule has 0 aromatic heterocycles. The van der Waals surface area contributed by atoms with Gasteiger partial charge in [0.2, 0.25) is 0 Å². The van der Waals surface area contributed by atoms with Crippen molar-refractivity contribution in [2.45, 2.75) is 91.2 Å². The van der Waals surface area contributed by atoms with Gasteiger partial charge in [0, 0.05) is 26.0 Å². The van der Waals surface area contributed by atoms with Gasteiger partial charge in [-0.3, -0.25) is 9.59 Å². The molecule has 5 nitrogen and oxygen atoms in total. The predicted octanol–water partition coefficient (Wildman–Crippen LogP) is 4.59. The average molecular weight is 429 g/mol. The Morgan fingerprint density at radius 3 is 2.93 bits per heavy atom.